The Labute approximate surface area is 182 Å². The highest BCUT2D eigenvalue weighted by Gasteiger charge is 2.78. The molecular formula is C16H8Br2ClF7O2S. The van der Waals surface area contributed by atoms with E-state index in [1.165, 1.54) is 30.3 Å². The largest absolute Gasteiger partial charge is 0.461 e. The maximum atomic E-state index is 14.1. The smallest absolute Gasteiger partial charge is 0.217 e. The van der Waals surface area contributed by atoms with E-state index in [-0.39, 0.29) is 19.5 Å². The van der Waals surface area contributed by atoms with Gasteiger partial charge in [0.1, 0.15) is 0 Å². The van der Waals surface area contributed by atoms with Crippen molar-refractivity contribution in [1.29, 1.82) is 0 Å². The Morgan fingerprint density at radius 1 is 0.931 bits per heavy atom. The summed E-state index contributed by atoms with van der Waals surface area (Å²) in [5.41, 5.74) is -0.224. The molecule has 2 nitrogen and oxygen atoms in total. The van der Waals surface area contributed by atoms with Gasteiger partial charge < -0.3 is 0 Å². The van der Waals surface area contributed by atoms with Crippen molar-refractivity contribution in [3.05, 3.63) is 61.5 Å². The van der Waals surface area contributed by atoms with E-state index in [0.717, 1.165) is 0 Å². The molecule has 29 heavy (non-hydrogen) atoms. The first-order valence-electron chi connectivity index (χ1n) is 7.32. The van der Waals surface area contributed by atoms with Crippen molar-refractivity contribution in [1.82, 2.24) is 0 Å². The second kappa shape index (κ2) is 8.01. The van der Waals surface area contributed by atoms with Crippen molar-refractivity contribution in [2.24, 2.45) is 0 Å². The van der Waals surface area contributed by atoms with Gasteiger partial charge in [0.2, 0.25) is 0 Å². The summed E-state index contributed by atoms with van der Waals surface area (Å²) in [6, 6.07) is 7.60. The van der Waals surface area contributed by atoms with Crippen LogP contribution in [0.4, 0.5) is 30.7 Å². The van der Waals surface area contributed by atoms with E-state index in [2.05, 4.69) is 31.9 Å². The number of hydrogen-bond acceptors (Lipinski definition) is 2. The molecule has 0 heterocycles. The van der Waals surface area contributed by atoms with Gasteiger partial charge in [-0.1, -0.05) is 61.7 Å². The van der Waals surface area contributed by atoms with E-state index < -0.39 is 44.1 Å². The van der Waals surface area contributed by atoms with Gasteiger partial charge in [-0.3, -0.25) is 0 Å². The van der Waals surface area contributed by atoms with Gasteiger partial charge in [0.15, 0.2) is 0 Å². The quantitative estimate of drug-likeness (QED) is 0.350. The van der Waals surface area contributed by atoms with E-state index in [1.54, 1.807) is 0 Å². The van der Waals surface area contributed by atoms with Gasteiger partial charge in [0.25, 0.3) is 9.84 Å². The predicted octanol–water partition coefficient (Wildman–Crippen LogP) is 7.02. The maximum absolute atomic E-state index is 14.1. The maximum Gasteiger partial charge on any atom is 0.461 e. The fraction of sp³-hybridized carbons (Fsp3) is 0.250. The molecule has 0 radical (unpaired) electrons. The zero-order chi connectivity index (χ0) is 22.4. The summed E-state index contributed by atoms with van der Waals surface area (Å²) in [7, 11) is -6.49. The lowest BCUT2D eigenvalue weighted by Crippen LogP contribution is -2.56. The van der Waals surface area contributed by atoms with Crippen LogP contribution in [0, 0.1) is 0 Å². The van der Waals surface area contributed by atoms with Crippen LogP contribution in [0.15, 0.2) is 50.2 Å². The minimum atomic E-state index is -6.82. The van der Waals surface area contributed by atoms with E-state index in [9.17, 15) is 39.2 Å². The Morgan fingerprint density at radius 2 is 1.48 bits per heavy atom. The van der Waals surface area contributed by atoms with Crippen LogP contribution in [0.25, 0.3) is 0 Å². The van der Waals surface area contributed by atoms with E-state index in [0.29, 0.717) is 6.07 Å². The Bertz CT molecular complexity index is 1040. The van der Waals surface area contributed by atoms with Gasteiger partial charge in [0.05, 0.1) is 4.90 Å². The molecule has 0 aliphatic rings. The number of sulfone groups is 1. The van der Waals surface area contributed by atoms with Crippen LogP contribution in [0.3, 0.4) is 0 Å². The highest BCUT2D eigenvalue weighted by Crippen LogP contribution is 2.51. The molecule has 0 spiro atoms. The van der Waals surface area contributed by atoms with Gasteiger partial charge in [-0.25, -0.2) is 8.42 Å². The first-order valence-corrected chi connectivity index (χ1v) is 10.8. The van der Waals surface area contributed by atoms with Gasteiger partial charge in [-0.15, -0.1) is 0 Å². The van der Waals surface area contributed by atoms with E-state index in [1.807, 2.05) is 0 Å². The fourth-order valence-corrected chi connectivity index (χ4v) is 5.66. The normalized spacial score (nSPS) is 13.6. The second-order valence-electron chi connectivity index (χ2n) is 5.72. The van der Waals surface area contributed by atoms with Gasteiger partial charge in [-0.05, 0) is 29.3 Å². The third-order valence-corrected chi connectivity index (χ3v) is 7.20. The molecule has 2 aromatic carbocycles. The molecule has 0 bridgehead atoms. The van der Waals surface area contributed by atoms with Crippen molar-refractivity contribution in [3.63, 3.8) is 0 Å². The molecule has 0 aromatic heterocycles. The van der Waals surface area contributed by atoms with Crippen molar-refractivity contribution in [2.75, 3.05) is 0 Å². The third kappa shape index (κ3) is 4.31. The summed E-state index contributed by atoms with van der Waals surface area (Å²) < 4.78 is 117. The van der Waals surface area contributed by atoms with Crippen molar-refractivity contribution < 1.29 is 39.2 Å². The second-order valence-corrected chi connectivity index (χ2v) is 9.86. The average molecular weight is 593 g/mol. The van der Waals surface area contributed by atoms with Crippen LogP contribution in [0.1, 0.15) is 11.1 Å². The molecule has 0 unspecified atom stereocenters. The molecule has 0 amide bonds. The number of hydrogen-bond donors (Lipinski definition) is 0. The van der Waals surface area contributed by atoms with Crippen LogP contribution in [0.2, 0.25) is 5.02 Å². The zero-order valence-electron chi connectivity index (χ0n) is 13.7. The van der Waals surface area contributed by atoms with Crippen LogP contribution in [-0.2, 0) is 16.3 Å². The topological polar surface area (TPSA) is 34.1 Å². The summed E-state index contributed by atoms with van der Waals surface area (Å²) in [6.07, 6.45) is -7.23. The standard InChI is InChI=1S/C16H8Br2ClF7O2S/c17-9-6-11(18)10(5-8-3-1-2-4-12(8)19)13(7-9)29(27,28)16(25,26)14(20,21)15(22,23)24/h1-4,6-7H,5H2. The van der Waals surface area contributed by atoms with Gasteiger partial charge >= 0.3 is 17.4 Å². The molecular weight excluding hydrogens is 584 g/mol. The molecule has 0 aliphatic carbocycles. The van der Waals surface area contributed by atoms with E-state index >= 15 is 0 Å². The predicted molar refractivity (Wildman–Crippen MR) is 99.2 cm³/mol. The van der Waals surface area contributed by atoms with Crippen molar-refractivity contribution in [3.8, 4) is 0 Å². The van der Waals surface area contributed by atoms with Gasteiger partial charge in [0, 0.05) is 20.4 Å². The molecule has 13 heteroatoms. The molecule has 0 N–H and O–H groups in total. The van der Waals surface area contributed by atoms with Crippen LogP contribution in [-0.4, -0.2) is 25.8 Å². The highest BCUT2D eigenvalue weighted by atomic mass is 79.9. The minimum absolute atomic E-state index is 0.109. The Hall–Kier alpha value is -0.850. The number of halogens is 10. The molecule has 0 aliphatic heterocycles. The summed E-state index contributed by atoms with van der Waals surface area (Å²) >= 11 is 11.7. The van der Waals surface area contributed by atoms with Crippen molar-refractivity contribution >= 4 is 53.3 Å². The molecule has 2 rings (SSSR count). The molecule has 0 saturated carbocycles. The Balaban J connectivity index is 2.75. The zero-order valence-corrected chi connectivity index (χ0v) is 18.4. The molecule has 0 saturated heterocycles. The molecule has 0 atom stereocenters. The number of benzene rings is 2. The third-order valence-electron chi connectivity index (χ3n) is 3.79. The van der Waals surface area contributed by atoms with Crippen molar-refractivity contribution in [2.45, 2.75) is 28.7 Å². The molecule has 0 fully saturated rings. The lowest BCUT2D eigenvalue weighted by molar-refractivity contribution is -0.332. The number of rotatable bonds is 5. The lowest BCUT2D eigenvalue weighted by atomic mass is 10.1. The lowest BCUT2D eigenvalue weighted by Gasteiger charge is -2.28. The summed E-state index contributed by atoms with van der Waals surface area (Å²) in [5, 5.41) is -6.36. The van der Waals surface area contributed by atoms with E-state index in [4.69, 9.17) is 11.6 Å². The first kappa shape index (κ1) is 24.4. The highest BCUT2D eigenvalue weighted by molar-refractivity contribution is 9.11. The van der Waals surface area contributed by atoms with Gasteiger partial charge in [-0.2, -0.15) is 30.7 Å². The summed E-state index contributed by atoms with van der Waals surface area (Å²) in [6.45, 7) is 0. The fourth-order valence-electron chi connectivity index (χ4n) is 2.30. The molecule has 160 valence electrons. The average Bonchev–Trinajstić information content (AvgIpc) is 2.57. The summed E-state index contributed by atoms with van der Waals surface area (Å²) in [5.74, 6) is -6.82. The Morgan fingerprint density at radius 3 is 2.00 bits per heavy atom. The summed E-state index contributed by atoms with van der Waals surface area (Å²) in [4.78, 5) is -1.40. The monoisotopic (exact) mass is 590 g/mol. The number of alkyl halides is 7. The van der Waals surface area contributed by atoms with Crippen LogP contribution in [0.5, 0.6) is 0 Å². The first-order chi connectivity index (χ1) is 13.0. The van der Waals surface area contributed by atoms with Crippen LogP contribution < -0.4 is 0 Å². The minimum Gasteiger partial charge on any atom is -0.217 e. The van der Waals surface area contributed by atoms with Crippen LogP contribution >= 0.6 is 43.5 Å². The SMILES string of the molecule is O=S(=O)(c1cc(Br)cc(Br)c1Cc1ccccc1Cl)C(F)(F)C(F)(F)C(F)(F)F. The Kier molecular flexibility index (Phi) is 6.74. The molecule has 2 aromatic rings.